The van der Waals surface area contributed by atoms with Gasteiger partial charge >= 0.3 is 12.0 Å². The van der Waals surface area contributed by atoms with Crippen molar-refractivity contribution in [1.29, 1.82) is 0 Å². The standard InChI is InChI=1S/C14H26N2O4/c1-9(2)8-12(13(18)19)15-14(20)16-6-4-11(5-7-16)10(3)17/h9-12,17H,4-8H2,1-3H3,(H,15,20)(H,18,19). The Kier molecular flexibility index (Phi) is 6.26. The van der Waals surface area contributed by atoms with Crippen LogP contribution in [0.4, 0.5) is 4.79 Å². The lowest BCUT2D eigenvalue weighted by molar-refractivity contribution is -0.139. The molecule has 0 aliphatic carbocycles. The van der Waals surface area contributed by atoms with E-state index in [0.717, 1.165) is 12.8 Å². The molecular formula is C14H26N2O4. The summed E-state index contributed by atoms with van der Waals surface area (Å²) in [6, 6.07) is -1.15. The number of nitrogens with zero attached hydrogens (tertiary/aromatic N) is 1. The maximum Gasteiger partial charge on any atom is 0.326 e. The van der Waals surface area contributed by atoms with Crippen LogP contribution in [0.15, 0.2) is 0 Å². The number of hydrogen-bond acceptors (Lipinski definition) is 3. The lowest BCUT2D eigenvalue weighted by Gasteiger charge is -2.34. The summed E-state index contributed by atoms with van der Waals surface area (Å²) in [7, 11) is 0. The van der Waals surface area contributed by atoms with E-state index in [1.165, 1.54) is 0 Å². The molecule has 2 unspecified atom stereocenters. The number of carbonyl (C=O) groups excluding carboxylic acids is 1. The summed E-state index contributed by atoms with van der Waals surface area (Å²) in [4.78, 5) is 24.8. The third kappa shape index (κ3) is 5.00. The predicted octanol–water partition coefficient (Wildman–Crippen LogP) is 1.29. The smallest absolute Gasteiger partial charge is 0.326 e. The topological polar surface area (TPSA) is 89.9 Å². The third-order valence-electron chi connectivity index (χ3n) is 3.81. The van der Waals surface area contributed by atoms with E-state index < -0.39 is 12.0 Å². The van der Waals surface area contributed by atoms with E-state index in [4.69, 9.17) is 5.11 Å². The van der Waals surface area contributed by atoms with Gasteiger partial charge in [-0.3, -0.25) is 0 Å². The Bertz CT molecular complexity index is 336. The van der Waals surface area contributed by atoms with Crippen molar-refractivity contribution in [3.05, 3.63) is 0 Å². The molecule has 1 heterocycles. The summed E-state index contributed by atoms with van der Waals surface area (Å²) in [5, 5.41) is 21.2. The first-order chi connectivity index (χ1) is 9.31. The summed E-state index contributed by atoms with van der Waals surface area (Å²) in [5.74, 6) is -0.562. The summed E-state index contributed by atoms with van der Waals surface area (Å²) < 4.78 is 0. The van der Waals surface area contributed by atoms with Crippen LogP contribution in [0.3, 0.4) is 0 Å². The van der Waals surface area contributed by atoms with E-state index in [0.29, 0.717) is 19.5 Å². The van der Waals surface area contributed by atoms with Crippen molar-refractivity contribution in [2.24, 2.45) is 11.8 Å². The van der Waals surface area contributed by atoms with Gasteiger partial charge in [0, 0.05) is 13.1 Å². The van der Waals surface area contributed by atoms with Crippen LogP contribution in [0.1, 0.15) is 40.0 Å². The molecule has 2 amide bonds. The minimum Gasteiger partial charge on any atom is -0.480 e. The first kappa shape index (κ1) is 16.8. The van der Waals surface area contributed by atoms with Crippen LogP contribution >= 0.6 is 0 Å². The van der Waals surface area contributed by atoms with Gasteiger partial charge in [-0.25, -0.2) is 9.59 Å². The minimum absolute atomic E-state index is 0.206. The number of carbonyl (C=O) groups is 2. The molecule has 0 radical (unpaired) electrons. The molecule has 20 heavy (non-hydrogen) atoms. The van der Waals surface area contributed by atoms with Crippen LogP contribution in [-0.4, -0.2) is 52.3 Å². The maximum absolute atomic E-state index is 12.1. The van der Waals surface area contributed by atoms with Crippen molar-refractivity contribution in [3.63, 3.8) is 0 Å². The highest BCUT2D eigenvalue weighted by molar-refractivity contribution is 5.82. The largest absolute Gasteiger partial charge is 0.480 e. The van der Waals surface area contributed by atoms with Gasteiger partial charge in [0.1, 0.15) is 6.04 Å². The zero-order valence-electron chi connectivity index (χ0n) is 12.5. The molecule has 1 aliphatic heterocycles. The van der Waals surface area contributed by atoms with E-state index in [1.54, 1.807) is 11.8 Å². The van der Waals surface area contributed by atoms with Gasteiger partial charge < -0.3 is 20.4 Å². The van der Waals surface area contributed by atoms with Crippen LogP contribution in [0.2, 0.25) is 0 Å². The molecule has 6 heteroatoms. The Morgan fingerprint density at radius 3 is 2.20 bits per heavy atom. The number of amides is 2. The Morgan fingerprint density at radius 1 is 1.25 bits per heavy atom. The monoisotopic (exact) mass is 286 g/mol. The quantitative estimate of drug-likeness (QED) is 0.710. The van der Waals surface area contributed by atoms with E-state index in [1.807, 2.05) is 13.8 Å². The van der Waals surface area contributed by atoms with Crippen LogP contribution < -0.4 is 5.32 Å². The maximum atomic E-state index is 12.1. The summed E-state index contributed by atoms with van der Waals surface area (Å²) in [6.07, 6.45) is 1.58. The second kappa shape index (κ2) is 7.47. The normalized spacial score (nSPS) is 19.8. The lowest BCUT2D eigenvalue weighted by Crippen LogP contribution is -2.51. The van der Waals surface area contributed by atoms with E-state index >= 15 is 0 Å². The highest BCUT2D eigenvalue weighted by atomic mass is 16.4. The SMILES string of the molecule is CC(C)CC(NC(=O)N1CCC(C(C)O)CC1)C(=O)O. The first-order valence-electron chi connectivity index (χ1n) is 7.27. The number of urea groups is 1. The Morgan fingerprint density at radius 2 is 1.80 bits per heavy atom. The Hall–Kier alpha value is -1.30. The second-order valence-electron chi connectivity index (χ2n) is 6.03. The molecule has 0 aromatic carbocycles. The first-order valence-corrected chi connectivity index (χ1v) is 7.27. The van der Waals surface area contributed by atoms with Crippen molar-refractivity contribution < 1.29 is 19.8 Å². The summed E-state index contributed by atoms with van der Waals surface area (Å²) in [5.41, 5.74) is 0. The molecule has 3 N–H and O–H groups in total. The van der Waals surface area contributed by atoms with Gasteiger partial charge in [0.25, 0.3) is 0 Å². The Balaban J connectivity index is 2.48. The molecule has 0 bridgehead atoms. The average molecular weight is 286 g/mol. The predicted molar refractivity (Wildman–Crippen MR) is 75.4 cm³/mol. The number of likely N-dealkylation sites (tertiary alicyclic amines) is 1. The average Bonchev–Trinajstić information content (AvgIpc) is 2.37. The van der Waals surface area contributed by atoms with Crippen molar-refractivity contribution in [3.8, 4) is 0 Å². The molecule has 0 saturated carbocycles. The van der Waals surface area contributed by atoms with Crippen molar-refractivity contribution in [1.82, 2.24) is 10.2 Å². The molecule has 1 rings (SSSR count). The van der Waals surface area contributed by atoms with Gasteiger partial charge in [0.2, 0.25) is 0 Å². The number of carboxylic acid groups (broad SMARTS) is 1. The van der Waals surface area contributed by atoms with E-state index in [2.05, 4.69) is 5.32 Å². The molecule has 116 valence electrons. The van der Waals surface area contributed by atoms with Crippen LogP contribution in [0.25, 0.3) is 0 Å². The molecule has 1 saturated heterocycles. The molecule has 2 atom stereocenters. The fourth-order valence-corrected chi connectivity index (χ4v) is 2.52. The number of aliphatic hydroxyl groups excluding tert-OH is 1. The summed E-state index contributed by atoms with van der Waals surface area (Å²) >= 11 is 0. The molecule has 0 aromatic heterocycles. The second-order valence-corrected chi connectivity index (χ2v) is 6.03. The molecule has 6 nitrogen and oxygen atoms in total. The van der Waals surface area contributed by atoms with Gasteiger partial charge in [-0.05, 0) is 38.0 Å². The number of aliphatic hydroxyl groups is 1. The number of nitrogens with one attached hydrogen (secondary N) is 1. The zero-order valence-corrected chi connectivity index (χ0v) is 12.5. The fraction of sp³-hybridized carbons (Fsp3) is 0.857. The highest BCUT2D eigenvalue weighted by Crippen LogP contribution is 2.20. The van der Waals surface area contributed by atoms with Crippen LogP contribution in [0.5, 0.6) is 0 Å². The number of piperidine rings is 1. The highest BCUT2D eigenvalue weighted by Gasteiger charge is 2.28. The van der Waals surface area contributed by atoms with Crippen molar-refractivity contribution >= 4 is 12.0 Å². The van der Waals surface area contributed by atoms with E-state index in [-0.39, 0.29) is 24.0 Å². The molecule has 1 aliphatic rings. The van der Waals surface area contributed by atoms with Gasteiger partial charge in [0.05, 0.1) is 6.10 Å². The minimum atomic E-state index is -0.995. The molecule has 0 spiro atoms. The number of hydrogen-bond donors (Lipinski definition) is 3. The van der Waals surface area contributed by atoms with Gasteiger partial charge in [0.15, 0.2) is 0 Å². The van der Waals surface area contributed by atoms with Gasteiger partial charge in [-0.15, -0.1) is 0 Å². The molecule has 1 fully saturated rings. The summed E-state index contributed by atoms with van der Waals surface area (Å²) in [6.45, 7) is 6.75. The van der Waals surface area contributed by atoms with Gasteiger partial charge in [-0.2, -0.15) is 0 Å². The van der Waals surface area contributed by atoms with Crippen LogP contribution in [-0.2, 0) is 4.79 Å². The van der Waals surface area contributed by atoms with Crippen molar-refractivity contribution in [2.75, 3.05) is 13.1 Å². The van der Waals surface area contributed by atoms with E-state index in [9.17, 15) is 14.7 Å². The zero-order chi connectivity index (χ0) is 15.3. The van der Waals surface area contributed by atoms with Gasteiger partial charge in [-0.1, -0.05) is 13.8 Å². The fourth-order valence-electron chi connectivity index (χ4n) is 2.52. The Labute approximate surface area is 120 Å². The van der Waals surface area contributed by atoms with Crippen LogP contribution in [0, 0.1) is 11.8 Å². The number of rotatable bonds is 5. The lowest BCUT2D eigenvalue weighted by atomic mass is 9.92. The molecular weight excluding hydrogens is 260 g/mol. The molecule has 0 aromatic rings. The number of carboxylic acids is 1. The third-order valence-corrected chi connectivity index (χ3v) is 3.81. The number of aliphatic carboxylic acids is 1. The van der Waals surface area contributed by atoms with Crippen molar-refractivity contribution in [2.45, 2.75) is 52.2 Å².